The molecule has 1 heterocycles. The van der Waals surface area contributed by atoms with Gasteiger partial charge in [-0.1, -0.05) is 19.3 Å². The van der Waals surface area contributed by atoms with Gasteiger partial charge in [0.1, 0.15) is 5.54 Å². The van der Waals surface area contributed by atoms with E-state index in [1.807, 2.05) is 6.92 Å². The van der Waals surface area contributed by atoms with E-state index in [1.54, 1.807) is 7.11 Å². The SMILES string of the molecule is COCCCNC(=O)C1CCN(C(C)C(=O)NC2(C#N)CCCCC2)CC1. The van der Waals surface area contributed by atoms with Crippen LogP contribution in [-0.4, -0.2) is 61.6 Å². The maximum Gasteiger partial charge on any atom is 0.238 e. The van der Waals surface area contributed by atoms with Gasteiger partial charge in [0, 0.05) is 26.2 Å². The van der Waals surface area contributed by atoms with Crippen molar-refractivity contribution in [3.05, 3.63) is 0 Å². The molecule has 1 atom stereocenters. The average molecular weight is 379 g/mol. The van der Waals surface area contributed by atoms with Gasteiger partial charge in [-0.05, 0) is 52.1 Å². The lowest BCUT2D eigenvalue weighted by atomic mass is 9.82. The van der Waals surface area contributed by atoms with Crippen LogP contribution in [0.4, 0.5) is 0 Å². The number of carbonyl (C=O) groups is 2. The number of ether oxygens (including phenoxy) is 1. The summed E-state index contributed by atoms with van der Waals surface area (Å²) in [6.45, 7) is 4.64. The molecule has 0 aromatic carbocycles. The van der Waals surface area contributed by atoms with Crippen LogP contribution >= 0.6 is 0 Å². The van der Waals surface area contributed by atoms with Gasteiger partial charge in [0.15, 0.2) is 0 Å². The van der Waals surface area contributed by atoms with Crippen LogP contribution in [0.5, 0.6) is 0 Å². The topological polar surface area (TPSA) is 94.5 Å². The van der Waals surface area contributed by atoms with Crippen molar-refractivity contribution in [2.24, 2.45) is 5.92 Å². The van der Waals surface area contributed by atoms with E-state index in [0.717, 1.165) is 64.5 Å². The minimum absolute atomic E-state index is 0.0165. The Balaban J connectivity index is 1.76. The van der Waals surface area contributed by atoms with Gasteiger partial charge in [-0.2, -0.15) is 5.26 Å². The zero-order valence-electron chi connectivity index (χ0n) is 16.8. The number of nitrogens with one attached hydrogen (secondary N) is 2. The van der Waals surface area contributed by atoms with Crippen molar-refractivity contribution in [1.29, 1.82) is 5.26 Å². The molecule has 7 heteroatoms. The first kappa shape index (κ1) is 21.6. The zero-order chi connectivity index (χ0) is 19.7. The first-order chi connectivity index (χ1) is 13.0. The summed E-state index contributed by atoms with van der Waals surface area (Å²) in [5.74, 6) is 0.0530. The molecule has 2 rings (SSSR count). The fraction of sp³-hybridized carbons (Fsp3) is 0.850. The molecule has 7 nitrogen and oxygen atoms in total. The van der Waals surface area contributed by atoms with E-state index in [4.69, 9.17) is 4.74 Å². The molecular formula is C20H34N4O3. The predicted octanol–water partition coefficient (Wildman–Crippen LogP) is 1.58. The highest BCUT2D eigenvalue weighted by Crippen LogP contribution is 2.28. The van der Waals surface area contributed by atoms with Crippen molar-refractivity contribution in [3.63, 3.8) is 0 Å². The molecule has 0 spiro atoms. The van der Waals surface area contributed by atoms with Crippen LogP contribution in [0.15, 0.2) is 0 Å². The molecule has 1 unspecified atom stereocenters. The van der Waals surface area contributed by atoms with Crippen LogP contribution in [0.1, 0.15) is 58.3 Å². The number of methoxy groups -OCH3 is 1. The Labute approximate surface area is 162 Å². The Morgan fingerprint density at radius 1 is 1.26 bits per heavy atom. The number of likely N-dealkylation sites (tertiary alicyclic amines) is 1. The number of hydrogen-bond acceptors (Lipinski definition) is 5. The van der Waals surface area contributed by atoms with Crippen molar-refractivity contribution < 1.29 is 14.3 Å². The molecule has 1 aliphatic carbocycles. The zero-order valence-corrected chi connectivity index (χ0v) is 16.8. The summed E-state index contributed by atoms with van der Waals surface area (Å²) in [5, 5.41) is 15.5. The number of carbonyl (C=O) groups excluding carboxylic acids is 2. The number of amides is 2. The van der Waals surface area contributed by atoms with Gasteiger partial charge < -0.3 is 15.4 Å². The van der Waals surface area contributed by atoms with Crippen molar-refractivity contribution in [1.82, 2.24) is 15.5 Å². The van der Waals surface area contributed by atoms with Crippen molar-refractivity contribution >= 4 is 11.8 Å². The lowest BCUT2D eigenvalue weighted by molar-refractivity contribution is -0.129. The Bertz CT molecular complexity index is 532. The lowest BCUT2D eigenvalue weighted by Crippen LogP contribution is -2.56. The molecule has 2 amide bonds. The highest BCUT2D eigenvalue weighted by molar-refractivity contribution is 5.82. The maximum atomic E-state index is 12.7. The van der Waals surface area contributed by atoms with Gasteiger partial charge in [0.25, 0.3) is 0 Å². The molecule has 2 fully saturated rings. The number of hydrogen-bond donors (Lipinski definition) is 2. The second kappa shape index (κ2) is 10.6. The largest absolute Gasteiger partial charge is 0.385 e. The summed E-state index contributed by atoms with van der Waals surface area (Å²) in [4.78, 5) is 27.1. The van der Waals surface area contributed by atoms with Gasteiger partial charge in [0.2, 0.25) is 11.8 Å². The molecule has 27 heavy (non-hydrogen) atoms. The summed E-state index contributed by atoms with van der Waals surface area (Å²) in [7, 11) is 1.65. The fourth-order valence-corrected chi connectivity index (χ4v) is 4.05. The summed E-state index contributed by atoms with van der Waals surface area (Å²) >= 11 is 0. The van der Waals surface area contributed by atoms with Crippen LogP contribution in [0.2, 0.25) is 0 Å². The van der Waals surface area contributed by atoms with Crippen LogP contribution in [-0.2, 0) is 14.3 Å². The Hall–Kier alpha value is -1.65. The summed E-state index contributed by atoms with van der Waals surface area (Å²) in [5.41, 5.74) is -0.690. The summed E-state index contributed by atoms with van der Waals surface area (Å²) in [6.07, 6.45) is 6.95. The molecule has 0 aromatic rings. The number of rotatable bonds is 8. The highest BCUT2D eigenvalue weighted by Gasteiger charge is 2.36. The molecule has 0 aromatic heterocycles. The van der Waals surface area contributed by atoms with Gasteiger partial charge in [-0.25, -0.2) is 0 Å². The molecule has 1 saturated carbocycles. The predicted molar refractivity (Wildman–Crippen MR) is 103 cm³/mol. The van der Waals surface area contributed by atoms with E-state index < -0.39 is 5.54 Å². The van der Waals surface area contributed by atoms with E-state index in [0.29, 0.717) is 13.2 Å². The van der Waals surface area contributed by atoms with E-state index in [1.165, 1.54) is 0 Å². The maximum absolute atomic E-state index is 12.7. The monoisotopic (exact) mass is 378 g/mol. The second-order valence-electron chi connectivity index (χ2n) is 7.87. The van der Waals surface area contributed by atoms with Crippen molar-refractivity contribution in [2.45, 2.75) is 69.9 Å². The van der Waals surface area contributed by atoms with E-state index in [-0.39, 0.29) is 23.8 Å². The smallest absolute Gasteiger partial charge is 0.238 e. The second-order valence-corrected chi connectivity index (χ2v) is 7.87. The van der Waals surface area contributed by atoms with E-state index in [2.05, 4.69) is 21.6 Å². The van der Waals surface area contributed by atoms with Crippen LogP contribution < -0.4 is 10.6 Å². The molecule has 152 valence electrons. The van der Waals surface area contributed by atoms with Crippen LogP contribution in [0.3, 0.4) is 0 Å². The Morgan fingerprint density at radius 2 is 1.93 bits per heavy atom. The number of piperidine rings is 1. The highest BCUT2D eigenvalue weighted by atomic mass is 16.5. The molecule has 2 N–H and O–H groups in total. The normalized spacial score (nSPS) is 21.8. The van der Waals surface area contributed by atoms with E-state index in [9.17, 15) is 14.9 Å². The molecule has 0 bridgehead atoms. The molecule has 1 saturated heterocycles. The standard InChI is InChI=1S/C20H34N4O3/c1-16(18(25)23-20(15-21)9-4-3-5-10-20)24-12-7-17(8-13-24)19(26)22-11-6-14-27-2/h16-17H,3-14H2,1-2H3,(H,22,26)(H,23,25). The summed E-state index contributed by atoms with van der Waals surface area (Å²) in [6, 6.07) is 2.07. The third-order valence-corrected chi connectivity index (χ3v) is 5.94. The van der Waals surface area contributed by atoms with Crippen LogP contribution in [0, 0.1) is 17.2 Å². The lowest BCUT2D eigenvalue weighted by Gasteiger charge is -2.37. The van der Waals surface area contributed by atoms with Crippen molar-refractivity contribution in [2.75, 3.05) is 33.4 Å². The quantitative estimate of drug-likeness (QED) is 0.626. The first-order valence-electron chi connectivity index (χ1n) is 10.3. The minimum atomic E-state index is -0.690. The Kier molecular flexibility index (Phi) is 8.52. The number of nitrogens with zero attached hydrogens (tertiary/aromatic N) is 2. The van der Waals surface area contributed by atoms with Gasteiger partial charge in [-0.3, -0.25) is 14.5 Å². The van der Waals surface area contributed by atoms with Crippen molar-refractivity contribution in [3.8, 4) is 6.07 Å². The number of nitriles is 1. The molecule has 0 radical (unpaired) electrons. The average Bonchev–Trinajstić information content (AvgIpc) is 2.71. The van der Waals surface area contributed by atoms with Gasteiger partial charge in [-0.15, -0.1) is 0 Å². The third-order valence-electron chi connectivity index (χ3n) is 5.94. The molecule has 2 aliphatic rings. The third kappa shape index (κ3) is 6.18. The van der Waals surface area contributed by atoms with E-state index >= 15 is 0 Å². The fourth-order valence-electron chi connectivity index (χ4n) is 4.05. The van der Waals surface area contributed by atoms with Gasteiger partial charge in [0.05, 0.1) is 12.1 Å². The summed E-state index contributed by atoms with van der Waals surface area (Å²) < 4.78 is 4.99. The Morgan fingerprint density at radius 3 is 2.52 bits per heavy atom. The van der Waals surface area contributed by atoms with Crippen LogP contribution in [0.25, 0.3) is 0 Å². The minimum Gasteiger partial charge on any atom is -0.385 e. The van der Waals surface area contributed by atoms with Gasteiger partial charge >= 0.3 is 0 Å². The molecule has 1 aliphatic heterocycles. The first-order valence-corrected chi connectivity index (χ1v) is 10.3. The molecular weight excluding hydrogens is 344 g/mol.